The Bertz CT molecular complexity index is 726. The zero-order valence-corrected chi connectivity index (χ0v) is 15.5. The number of carbonyl (C=O) groups is 2. The number of nitrogens with one attached hydrogen (secondary N) is 1. The van der Waals surface area contributed by atoms with E-state index in [1.54, 1.807) is 31.0 Å². The normalized spacial score (nSPS) is 11.7. The van der Waals surface area contributed by atoms with Crippen LogP contribution in [0.5, 0.6) is 0 Å². The van der Waals surface area contributed by atoms with Crippen LogP contribution in [0.3, 0.4) is 0 Å². The predicted molar refractivity (Wildman–Crippen MR) is 100 cm³/mol. The molecular formula is C20H23ClN2O2. The molecule has 0 aromatic heterocycles. The molecule has 0 spiro atoms. The standard InChI is InChI=1S/C20H23ClN2O2/c1-14-4-6-16(7-5-14)12-19(24)23(15(2)20(25)22-3)13-17-8-10-18(21)11-9-17/h4-11,15H,12-13H2,1-3H3,(H,22,25)/t15-/m1/s1. The van der Waals surface area contributed by atoms with Crippen LogP contribution in [0.25, 0.3) is 0 Å². The molecule has 0 saturated carbocycles. The minimum absolute atomic E-state index is 0.0881. The van der Waals surface area contributed by atoms with Crippen molar-refractivity contribution in [2.24, 2.45) is 0 Å². The first kappa shape index (κ1) is 19.0. The summed E-state index contributed by atoms with van der Waals surface area (Å²) in [6.07, 6.45) is 0.259. The van der Waals surface area contributed by atoms with E-state index in [1.165, 1.54) is 0 Å². The van der Waals surface area contributed by atoms with Gasteiger partial charge in [0, 0.05) is 18.6 Å². The summed E-state index contributed by atoms with van der Waals surface area (Å²) in [6.45, 7) is 4.10. The third kappa shape index (κ3) is 5.33. The Hall–Kier alpha value is -2.33. The van der Waals surface area contributed by atoms with Gasteiger partial charge in [-0.15, -0.1) is 0 Å². The zero-order chi connectivity index (χ0) is 18.4. The third-order valence-corrected chi connectivity index (χ3v) is 4.41. The number of aryl methyl sites for hydroxylation is 1. The van der Waals surface area contributed by atoms with Crippen molar-refractivity contribution >= 4 is 23.4 Å². The van der Waals surface area contributed by atoms with Gasteiger partial charge in [0.1, 0.15) is 6.04 Å². The molecule has 1 atom stereocenters. The van der Waals surface area contributed by atoms with Crippen molar-refractivity contribution in [1.82, 2.24) is 10.2 Å². The van der Waals surface area contributed by atoms with Crippen molar-refractivity contribution < 1.29 is 9.59 Å². The lowest BCUT2D eigenvalue weighted by molar-refractivity contribution is -0.139. The van der Waals surface area contributed by atoms with E-state index in [4.69, 9.17) is 11.6 Å². The van der Waals surface area contributed by atoms with Crippen LogP contribution in [-0.4, -0.2) is 29.8 Å². The van der Waals surface area contributed by atoms with E-state index in [9.17, 15) is 9.59 Å². The van der Waals surface area contributed by atoms with Crippen LogP contribution in [0.2, 0.25) is 5.02 Å². The minimum atomic E-state index is -0.557. The summed E-state index contributed by atoms with van der Waals surface area (Å²) in [5.74, 6) is -0.277. The lowest BCUT2D eigenvalue weighted by Gasteiger charge is -2.28. The summed E-state index contributed by atoms with van der Waals surface area (Å²) in [5, 5.41) is 3.25. The second-order valence-electron chi connectivity index (χ2n) is 6.10. The Morgan fingerprint density at radius 2 is 1.60 bits per heavy atom. The van der Waals surface area contributed by atoms with Crippen molar-refractivity contribution in [2.75, 3.05) is 7.05 Å². The van der Waals surface area contributed by atoms with Gasteiger partial charge in [0.2, 0.25) is 11.8 Å². The van der Waals surface area contributed by atoms with Gasteiger partial charge in [0.15, 0.2) is 0 Å². The Morgan fingerprint density at radius 3 is 2.16 bits per heavy atom. The first-order valence-corrected chi connectivity index (χ1v) is 8.59. The van der Waals surface area contributed by atoms with E-state index < -0.39 is 6.04 Å². The molecule has 2 amide bonds. The summed E-state index contributed by atoms with van der Waals surface area (Å²) in [5.41, 5.74) is 3.01. The lowest BCUT2D eigenvalue weighted by atomic mass is 10.1. The highest BCUT2D eigenvalue weighted by Gasteiger charge is 2.25. The van der Waals surface area contributed by atoms with Crippen LogP contribution in [0.1, 0.15) is 23.6 Å². The van der Waals surface area contributed by atoms with Crippen molar-refractivity contribution in [2.45, 2.75) is 32.9 Å². The Balaban J connectivity index is 2.20. The molecule has 132 valence electrons. The van der Waals surface area contributed by atoms with Gasteiger partial charge in [-0.3, -0.25) is 9.59 Å². The third-order valence-electron chi connectivity index (χ3n) is 4.16. The average molecular weight is 359 g/mol. The second-order valence-corrected chi connectivity index (χ2v) is 6.54. The Kier molecular flexibility index (Phi) is 6.59. The van der Waals surface area contributed by atoms with E-state index in [0.717, 1.165) is 16.7 Å². The van der Waals surface area contributed by atoms with Gasteiger partial charge < -0.3 is 10.2 Å². The molecule has 1 N–H and O–H groups in total. The van der Waals surface area contributed by atoms with E-state index in [1.807, 2.05) is 43.3 Å². The minimum Gasteiger partial charge on any atom is -0.357 e. The van der Waals surface area contributed by atoms with E-state index >= 15 is 0 Å². The number of carbonyl (C=O) groups excluding carboxylic acids is 2. The number of amides is 2. The number of nitrogens with zero attached hydrogens (tertiary/aromatic N) is 1. The summed E-state index contributed by atoms with van der Waals surface area (Å²) in [7, 11) is 1.57. The van der Waals surface area contributed by atoms with Crippen LogP contribution in [-0.2, 0) is 22.6 Å². The molecule has 25 heavy (non-hydrogen) atoms. The highest BCUT2D eigenvalue weighted by molar-refractivity contribution is 6.30. The van der Waals surface area contributed by atoms with Crippen LogP contribution < -0.4 is 5.32 Å². The van der Waals surface area contributed by atoms with Crippen molar-refractivity contribution in [3.05, 3.63) is 70.2 Å². The van der Waals surface area contributed by atoms with Crippen molar-refractivity contribution in [3.8, 4) is 0 Å². The van der Waals surface area contributed by atoms with E-state index in [2.05, 4.69) is 5.32 Å². The molecule has 2 rings (SSSR count). The van der Waals surface area contributed by atoms with Gasteiger partial charge in [-0.05, 0) is 37.1 Å². The molecule has 2 aromatic carbocycles. The van der Waals surface area contributed by atoms with E-state index in [-0.39, 0.29) is 18.2 Å². The highest BCUT2D eigenvalue weighted by atomic mass is 35.5. The van der Waals surface area contributed by atoms with Gasteiger partial charge in [-0.1, -0.05) is 53.6 Å². The maximum Gasteiger partial charge on any atom is 0.242 e. The largest absolute Gasteiger partial charge is 0.357 e. The summed E-state index contributed by atoms with van der Waals surface area (Å²) in [6, 6.07) is 14.6. The van der Waals surface area contributed by atoms with Crippen LogP contribution >= 0.6 is 11.6 Å². The molecule has 0 aliphatic rings. The number of rotatable bonds is 6. The van der Waals surface area contributed by atoms with Crippen molar-refractivity contribution in [1.29, 1.82) is 0 Å². The molecule has 0 heterocycles. The van der Waals surface area contributed by atoms with Crippen molar-refractivity contribution in [3.63, 3.8) is 0 Å². The summed E-state index contributed by atoms with van der Waals surface area (Å²) >= 11 is 5.92. The van der Waals surface area contributed by atoms with Gasteiger partial charge in [-0.25, -0.2) is 0 Å². The smallest absolute Gasteiger partial charge is 0.242 e. The SMILES string of the molecule is CNC(=O)[C@@H](C)N(Cc1ccc(Cl)cc1)C(=O)Cc1ccc(C)cc1. The van der Waals surface area contributed by atoms with Gasteiger partial charge in [-0.2, -0.15) is 0 Å². The molecule has 0 saturated heterocycles. The maximum atomic E-state index is 12.9. The number of hydrogen-bond acceptors (Lipinski definition) is 2. The van der Waals surface area contributed by atoms with Crippen LogP contribution in [0.15, 0.2) is 48.5 Å². The number of likely N-dealkylation sites (N-methyl/N-ethyl adjacent to an activating group) is 1. The fourth-order valence-corrected chi connectivity index (χ4v) is 2.69. The highest BCUT2D eigenvalue weighted by Crippen LogP contribution is 2.15. The number of hydrogen-bond donors (Lipinski definition) is 1. The quantitative estimate of drug-likeness (QED) is 0.860. The van der Waals surface area contributed by atoms with Crippen LogP contribution in [0, 0.1) is 6.92 Å². The topological polar surface area (TPSA) is 49.4 Å². The molecule has 0 aliphatic carbocycles. The Labute approximate surface area is 153 Å². The molecule has 4 nitrogen and oxygen atoms in total. The fourth-order valence-electron chi connectivity index (χ4n) is 2.56. The van der Waals surface area contributed by atoms with E-state index in [0.29, 0.717) is 11.6 Å². The lowest BCUT2D eigenvalue weighted by Crippen LogP contribution is -2.47. The number of benzene rings is 2. The fraction of sp³-hybridized carbons (Fsp3) is 0.300. The first-order valence-electron chi connectivity index (χ1n) is 8.21. The Morgan fingerprint density at radius 1 is 1.04 bits per heavy atom. The van der Waals surface area contributed by atoms with Gasteiger partial charge in [0.25, 0.3) is 0 Å². The van der Waals surface area contributed by atoms with Gasteiger partial charge >= 0.3 is 0 Å². The first-order chi connectivity index (χ1) is 11.9. The average Bonchev–Trinajstić information content (AvgIpc) is 2.61. The molecule has 2 aromatic rings. The molecule has 0 aliphatic heterocycles. The molecule has 0 bridgehead atoms. The molecule has 0 radical (unpaired) electrons. The molecular weight excluding hydrogens is 336 g/mol. The zero-order valence-electron chi connectivity index (χ0n) is 14.8. The number of halogens is 1. The van der Waals surface area contributed by atoms with Gasteiger partial charge in [0.05, 0.1) is 6.42 Å². The molecule has 0 fully saturated rings. The second kappa shape index (κ2) is 8.67. The predicted octanol–water partition coefficient (Wildman–Crippen LogP) is 3.35. The maximum absolute atomic E-state index is 12.9. The summed E-state index contributed by atoms with van der Waals surface area (Å²) in [4.78, 5) is 26.5. The monoisotopic (exact) mass is 358 g/mol. The molecule has 0 unspecified atom stereocenters. The van der Waals surface area contributed by atoms with Crippen LogP contribution in [0.4, 0.5) is 0 Å². The molecule has 5 heteroatoms. The summed E-state index contributed by atoms with van der Waals surface area (Å²) < 4.78 is 0.